The van der Waals surface area contributed by atoms with E-state index in [-0.39, 0.29) is 23.4 Å². The molecule has 2 heterocycles. The van der Waals surface area contributed by atoms with Gasteiger partial charge < -0.3 is 4.74 Å². The van der Waals surface area contributed by atoms with Gasteiger partial charge in [0.2, 0.25) is 13.1 Å². The maximum Gasteiger partial charge on any atom is 0.305 e. The van der Waals surface area contributed by atoms with E-state index in [0.29, 0.717) is 19.4 Å². The number of methoxy groups -OCH3 is 1. The molecule has 13 heteroatoms. The van der Waals surface area contributed by atoms with Gasteiger partial charge in [0.15, 0.2) is 24.0 Å². The second-order valence-corrected chi connectivity index (χ2v) is 13.6. The number of ether oxygens (including phenoxy) is 1. The largest absolute Gasteiger partial charge is 0.469 e. The Morgan fingerprint density at radius 2 is 1.55 bits per heavy atom. The number of aryl methyl sites for hydroxylation is 1. The topological polar surface area (TPSA) is 68.8 Å². The van der Waals surface area contributed by atoms with Gasteiger partial charge in [-0.1, -0.05) is 117 Å². The molecule has 0 amide bonds. The van der Waals surface area contributed by atoms with Gasteiger partial charge in [-0.05, 0) is 22.9 Å². The highest BCUT2D eigenvalue weighted by Crippen LogP contribution is 2.40. The summed E-state index contributed by atoms with van der Waals surface area (Å²) in [5.74, 6) is -0.415. The van der Waals surface area contributed by atoms with Crippen LogP contribution in [0.5, 0.6) is 0 Å². The number of hydrogen-bond acceptors (Lipinski definition) is 6. The fourth-order valence-corrected chi connectivity index (χ4v) is 5.26. The minimum Gasteiger partial charge on any atom is -0.469 e. The van der Waals surface area contributed by atoms with Crippen LogP contribution in [0.3, 0.4) is 0 Å². The van der Waals surface area contributed by atoms with E-state index in [2.05, 4.69) is 43.8 Å². The molecule has 4 rings (SSSR count). The van der Waals surface area contributed by atoms with E-state index in [1.807, 2.05) is 24.3 Å². The van der Waals surface area contributed by atoms with Crippen LogP contribution in [0, 0.1) is 0 Å². The lowest BCUT2D eigenvalue weighted by molar-refractivity contribution is -0.669. The summed E-state index contributed by atoms with van der Waals surface area (Å²) in [7, 11) is 1.39. The zero-order chi connectivity index (χ0) is 27.5. The van der Waals surface area contributed by atoms with Crippen molar-refractivity contribution in [2.45, 2.75) is 27.0 Å². The molecule has 38 heavy (non-hydrogen) atoms. The van der Waals surface area contributed by atoms with Gasteiger partial charge in [0.25, 0.3) is 5.01 Å². The number of benzene rings is 2. The third-order valence-corrected chi connectivity index (χ3v) is 7.47. The molecule has 0 bridgehead atoms. The Morgan fingerprint density at radius 1 is 0.947 bits per heavy atom. The van der Waals surface area contributed by atoms with Crippen molar-refractivity contribution < 1.29 is 14.1 Å². The summed E-state index contributed by atoms with van der Waals surface area (Å²) in [6.07, 6.45) is 8.05. The average Bonchev–Trinajstić information content (AvgIpc) is 3.19. The highest BCUT2D eigenvalue weighted by atomic mass is 35.6. The van der Waals surface area contributed by atoms with Crippen LogP contribution in [0.2, 0.25) is 0 Å². The van der Waals surface area contributed by atoms with Gasteiger partial charge in [-0.25, -0.2) is 15.0 Å². The number of carbonyl (C=O) groups is 1. The number of nitrogens with zero attached hydrogens (tertiary/aromatic N) is 4. The molecule has 0 saturated heterocycles. The van der Waals surface area contributed by atoms with E-state index < -0.39 is 7.59 Å². The number of halogens is 6. The first-order chi connectivity index (χ1) is 18.0. The van der Waals surface area contributed by atoms with Crippen molar-refractivity contribution in [3.8, 4) is 0 Å². The zero-order valence-corrected chi connectivity index (χ0v) is 25.0. The Balaban J connectivity index is 1.67. The van der Waals surface area contributed by atoms with Crippen molar-refractivity contribution in [3.05, 3.63) is 71.0 Å². The van der Waals surface area contributed by atoms with Gasteiger partial charge in [-0.3, -0.25) is 4.79 Å². The molecule has 198 valence electrons. The standard InChI is InChI=1S/C25H19Cl6N4O2S/c1-37-21(36)11-6-12-35-17-13-15-7-2-3-8-16(15)14-18(17)38-20(35)10-5-4-9-19-32-22(24(26,27)28)34-23(33-19)25(29,30)31/h2-5,7-10,13-14H,6,11-12H2,1H3/q+1. The molecule has 0 radical (unpaired) electrons. The first-order valence-electron chi connectivity index (χ1n) is 11.1. The Labute approximate surface area is 252 Å². The van der Waals surface area contributed by atoms with Gasteiger partial charge >= 0.3 is 5.97 Å². The van der Waals surface area contributed by atoms with Gasteiger partial charge in [0.05, 0.1) is 13.5 Å². The van der Waals surface area contributed by atoms with Gasteiger partial charge in [-0.2, -0.15) is 4.57 Å². The first kappa shape index (κ1) is 29.3. The van der Waals surface area contributed by atoms with E-state index in [1.165, 1.54) is 7.11 Å². The third kappa shape index (κ3) is 7.27. The number of esters is 1. The van der Waals surface area contributed by atoms with Gasteiger partial charge in [0, 0.05) is 18.6 Å². The Kier molecular flexibility index (Phi) is 9.41. The van der Waals surface area contributed by atoms with Crippen LogP contribution in [0.4, 0.5) is 0 Å². The van der Waals surface area contributed by atoms with E-state index in [0.717, 1.165) is 26.0 Å². The summed E-state index contributed by atoms with van der Waals surface area (Å²) < 4.78 is 4.25. The lowest BCUT2D eigenvalue weighted by atomic mass is 10.1. The molecular weight excluding hydrogens is 633 g/mol. The molecule has 0 fully saturated rings. The maximum absolute atomic E-state index is 11.7. The molecule has 0 aliphatic heterocycles. The maximum atomic E-state index is 11.7. The Bertz CT molecular complexity index is 1510. The fraction of sp³-hybridized carbons (Fsp3) is 0.240. The van der Waals surface area contributed by atoms with Crippen LogP contribution < -0.4 is 4.57 Å². The Morgan fingerprint density at radius 3 is 2.16 bits per heavy atom. The predicted molar refractivity (Wildman–Crippen MR) is 157 cm³/mol. The number of alkyl halides is 6. The van der Waals surface area contributed by atoms with Crippen LogP contribution in [-0.4, -0.2) is 28.0 Å². The number of hydrogen-bond donors (Lipinski definition) is 0. The molecule has 0 spiro atoms. The minimum absolute atomic E-state index is 0.154. The second-order valence-electron chi connectivity index (χ2n) is 7.99. The van der Waals surface area contributed by atoms with Crippen molar-refractivity contribution in [3.63, 3.8) is 0 Å². The Hall–Kier alpha value is -1.71. The average molecular weight is 652 g/mol. The molecule has 2 aromatic heterocycles. The lowest BCUT2D eigenvalue weighted by Crippen LogP contribution is -2.35. The molecule has 4 aromatic rings. The van der Waals surface area contributed by atoms with Crippen LogP contribution in [0.25, 0.3) is 33.1 Å². The summed E-state index contributed by atoms with van der Waals surface area (Å²) in [5, 5.41) is 3.28. The fourth-order valence-electron chi connectivity index (χ4n) is 3.62. The highest BCUT2D eigenvalue weighted by molar-refractivity contribution is 7.19. The molecule has 6 nitrogen and oxygen atoms in total. The van der Waals surface area contributed by atoms with Crippen LogP contribution in [0.15, 0.2) is 48.6 Å². The van der Waals surface area contributed by atoms with E-state index in [1.54, 1.807) is 23.5 Å². The number of fused-ring (bicyclic) bond motifs is 2. The monoisotopic (exact) mass is 649 g/mol. The van der Waals surface area contributed by atoms with Crippen LogP contribution in [0.1, 0.15) is 35.3 Å². The highest BCUT2D eigenvalue weighted by Gasteiger charge is 2.33. The SMILES string of the molecule is COC(=O)CCC[n+]1c(C=CC=Cc2nc(C(Cl)(Cl)Cl)nc(C(Cl)(Cl)Cl)n2)sc2cc3ccccc3cc21. The number of aromatic nitrogens is 4. The van der Waals surface area contributed by atoms with Crippen LogP contribution in [-0.2, 0) is 23.7 Å². The van der Waals surface area contributed by atoms with E-state index in [9.17, 15) is 4.79 Å². The predicted octanol–water partition coefficient (Wildman–Crippen LogP) is 7.86. The zero-order valence-electron chi connectivity index (χ0n) is 19.7. The molecular formula is C25H19Cl6N4O2S+. The molecule has 0 aliphatic rings. The normalized spacial score (nSPS) is 12.8. The van der Waals surface area contributed by atoms with Crippen molar-refractivity contribution in [2.24, 2.45) is 0 Å². The number of allylic oxidation sites excluding steroid dienone is 2. The van der Waals surface area contributed by atoms with E-state index >= 15 is 0 Å². The molecule has 0 unspecified atom stereocenters. The van der Waals surface area contributed by atoms with Crippen molar-refractivity contribution in [1.82, 2.24) is 15.0 Å². The van der Waals surface area contributed by atoms with Crippen LogP contribution >= 0.6 is 80.9 Å². The quantitative estimate of drug-likeness (QED) is 0.0881. The minimum atomic E-state index is -1.93. The third-order valence-electron chi connectivity index (χ3n) is 5.34. The number of carbonyl (C=O) groups excluding carboxylic acids is 1. The molecule has 0 saturated carbocycles. The summed E-state index contributed by atoms with van der Waals surface area (Å²) >= 11 is 37.3. The van der Waals surface area contributed by atoms with Gasteiger partial charge in [0.1, 0.15) is 4.70 Å². The molecule has 0 atom stereocenters. The van der Waals surface area contributed by atoms with Crippen molar-refractivity contribution in [2.75, 3.05) is 7.11 Å². The summed E-state index contributed by atoms with van der Waals surface area (Å²) in [6, 6.07) is 12.5. The summed E-state index contributed by atoms with van der Waals surface area (Å²) in [4.78, 5) is 23.9. The molecule has 0 N–H and O–H groups in total. The van der Waals surface area contributed by atoms with Gasteiger partial charge in [-0.15, -0.1) is 0 Å². The summed E-state index contributed by atoms with van der Waals surface area (Å²) in [5.41, 5.74) is 1.08. The summed E-state index contributed by atoms with van der Waals surface area (Å²) in [6.45, 7) is 0.642. The van der Waals surface area contributed by atoms with Crippen molar-refractivity contribution >= 4 is 120 Å². The number of rotatable bonds is 7. The molecule has 0 aliphatic carbocycles. The van der Waals surface area contributed by atoms with E-state index in [4.69, 9.17) is 74.3 Å². The first-order valence-corrected chi connectivity index (χ1v) is 14.2. The van der Waals surface area contributed by atoms with Crippen molar-refractivity contribution in [1.29, 1.82) is 0 Å². The second kappa shape index (κ2) is 12.2. The lowest BCUT2D eigenvalue weighted by Gasteiger charge is -2.14. The smallest absolute Gasteiger partial charge is 0.305 e. The number of thiazole rings is 1. The molecule has 2 aromatic carbocycles.